The zero-order valence-corrected chi connectivity index (χ0v) is 13.0. The van der Waals surface area contributed by atoms with E-state index in [2.05, 4.69) is 5.32 Å². The minimum atomic E-state index is 0.229. The minimum Gasteiger partial charge on any atom is -0.396 e. The Morgan fingerprint density at radius 1 is 0.952 bits per heavy atom. The Morgan fingerprint density at radius 3 is 2.19 bits per heavy atom. The molecule has 2 atom stereocenters. The van der Waals surface area contributed by atoms with Gasteiger partial charge in [-0.15, -0.1) is 0 Å². The summed E-state index contributed by atoms with van der Waals surface area (Å²) < 4.78 is 0. The topological polar surface area (TPSA) is 49.3 Å². The molecule has 0 heterocycles. The predicted octanol–water partition coefficient (Wildman–Crippen LogP) is 2.73. The van der Waals surface area contributed by atoms with Crippen molar-refractivity contribution in [2.75, 3.05) is 6.61 Å². The lowest BCUT2D eigenvalue weighted by atomic mass is 9.51. The lowest BCUT2D eigenvalue weighted by Crippen LogP contribution is -2.54. The van der Waals surface area contributed by atoms with E-state index in [9.17, 15) is 9.90 Å². The third kappa shape index (κ3) is 2.52. The predicted molar refractivity (Wildman–Crippen MR) is 81.5 cm³/mol. The van der Waals surface area contributed by atoms with Crippen molar-refractivity contribution >= 4 is 5.91 Å². The van der Waals surface area contributed by atoms with Crippen LogP contribution in [-0.2, 0) is 4.79 Å². The van der Waals surface area contributed by atoms with Gasteiger partial charge in [-0.25, -0.2) is 0 Å². The Hall–Kier alpha value is -0.570. The first-order chi connectivity index (χ1) is 10.2. The normalized spacial score (nSPS) is 48.3. The number of carbonyl (C=O) groups is 1. The van der Waals surface area contributed by atoms with Gasteiger partial charge in [0.2, 0.25) is 5.91 Å². The molecule has 3 nitrogen and oxygen atoms in total. The molecule has 0 aromatic carbocycles. The van der Waals surface area contributed by atoms with Crippen LogP contribution in [0.25, 0.3) is 0 Å². The van der Waals surface area contributed by atoms with Crippen molar-refractivity contribution in [2.24, 2.45) is 35.5 Å². The Labute approximate surface area is 127 Å². The van der Waals surface area contributed by atoms with Crippen LogP contribution in [0.2, 0.25) is 0 Å². The van der Waals surface area contributed by atoms with Crippen LogP contribution in [0.3, 0.4) is 0 Å². The summed E-state index contributed by atoms with van der Waals surface area (Å²) in [6.45, 7) is 0.229. The standard InChI is InChI=1S/C18H29NO2/c20-10-13-3-1-2-4-16(13)19-18(21)17-14-6-11-5-12(8-14)9-15(17)7-11/h11-17,20H,1-10H2,(H,19,21)/t11?,12?,13-,14?,15?,16+,17?/m0/s1. The number of hydrogen-bond donors (Lipinski definition) is 2. The third-order valence-corrected chi connectivity index (χ3v) is 7.00. The van der Waals surface area contributed by atoms with E-state index in [1.165, 1.54) is 44.9 Å². The maximum atomic E-state index is 12.9. The maximum Gasteiger partial charge on any atom is 0.223 e. The average Bonchev–Trinajstić information content (AvgIpc) is 2.46. The van der Waals surface area contributed by atoms with Gasteiger partial charge in [0.1, 0.15) is 0 Å². The van der Waals surface area contributed by atoms with Crippen LogP contribution in [0, 0.1) is 35.5 Å². The summed E-state index contributed by atoms with van der Waals surface area (Å²) in [7, 11) is 0. The van der Waals surface area contributed by atoms with Crippen LogP contribution >= 0.6 is 0 Å². The van der Waals surface area contributed by atoms with Gasteiger partial charge in [-0.3, -0.25) is 4.79 Å². The Bertz CT molecular complexity index is 380. The van der Waals surface area contributed by atoms with Crippen molar-refractivity contribution in [3.05, 3.63) is 0 Å². The van der Waals surface area contributed by atoms with E-state index >= 15 is 0 Å². The second-order valence-corrected chi connectivity index (χ2v) is 8.30. The van der Waals surface area contributed by atoms with Gasteiger partial charge in [0.25, 0.3) is 0 Å². The van der Waals surface area contributed by atoms with Gasteiger partial charge in [-0.1, -0.05) is 12.8 Å². The molecule has 3 heteroatoms. The van der Waals surface area contributed by atoms with E-state index < -0.39 is 0 Å². The van der Waals surface area contributed by atoms with Gasteiger partial charge < -0.3 is 10.4 Å². The van der Waals surface area contributed by atoms with Crippen molar-refractivity contribution < 1.29 is 9.90 Å². The zero-order chi connectivity index (χ0) is 14.4. The quantitative estimate of drug-likeness (QED) is 0.840. The molecule has 4 bridgehead atoms. The third-order valence-electron chi connectivity index (χ3n) is 7.00. The molecule has 0 saturated heterocycles. The lowest BCUT2D eigenvalue weighted by molar-refractivity contribution is -0.139. The minimum absolute atomic E-state index is 0.229. The van der Waals surface area contributed by atoms with E-state index in [0.717, 1.165) is 24.7 Å². The summed E-state index contributed by atoms with van der Waals surface area (Å²) in [5.74, 6) is 4.09. The van der Waals surface area contributed by atoms with E-state index in [1.54, 1.807) is 0 Å². The average molecular weight is 291 g/mol. The summed E-state index contributed by atoms with van der Waals surface area (Å²) in [5, 5.41) is 12.9. The van der Waals surface area contributed by atoms with Crippen molar-refractivity contribution in [1.29, 1.82) is 0 Å². The molecule has 5 aliphatic rings. The fourth-order valence-electron chi connectivity index (χ4n) is 6.25. The summed E-state index contributed by atoms with van der Waals surface area (Å²) in [4.78, 5) is 12.9. The fraction of sp³-hybridized carbons (Fsp3) is 0.944. The fourth-order valence-corrected chi connectivity index (χ4v) is 6.25. The molecule has 2 N–H and O–H groups in total. The molecule has 0 aromatic rings. The SMILES string of the molecule is O=C(N[C@@H]1CCCC[C@H]1CO)C1C2CC3CC(C2)CC1C3. The first-order valence-electron chi connectivity index (χ1n) is 9.15. The molecule has 5 saturated carbocycles. The molecule has 0 aromatic heterocycles. The van der Waals surface area contributed by atoms with Gasteiger partial charge >= 0.3 is 0 Å². The van der Waals surface area contributed by atoms with Crippen molar-refractivity contribution in [3.63, 3.8) is 0 Å². The van der Waals surface area contributed by atoms with Gasteiger partial charge in [-0.2, -0.15) is 0 Å². The largest absolute Gasteiger partial charge is 0.396 e. The Morgan fingerprint density at radius 2 is 1.57 bits per heavy atom. The van der Waals surface area contributed by atoms with Crippen LogP contribution in [0.4, 0.5) is 0 Å². The van der Waals surface area contributed by atoms with E-state index in [1.807, 2.05) is 0 Å². The first kappa shape index (κ1) is 14.0. The molecule has 0 radical (unpaired) electrons. The van der Waals surface area contributed by atoms with E-state index in [-0.39, 0.29) is 12.6 Å². The van der Waals surface area contributed by atoms with Crippen LogP contribution in [0.1, 0.15) is 57.8 Å². The second-order valence-electron chi connectivity index (χ2n) is 8.30. The molecule has 5 aliphatic carbocycles. The summed E-state index contributed by atoms with van der Waals surface area (Å²) in [5.41, 5.74) is 0. The summed E-state index contributed by atoms with van der Waals surface area (Å²) in [6.07, 6.45) is 11.2. The highest BCUT2D eigenvalue weighted by molar-refractivity contribution is 5.80. The maximum absolute atomic E-state index is 12.9. The molecule has 0 unspecified atom stereocenters. The number of amides is 1. The molecule has 0 aliphatic heterocycles. The molecular weight excluding hydrogens is 262 g/mol. The first-order valence-corrected chi connectivity index (χ1v) is 9.15. The number of rotatable bonds is 3. The highest BCUT2D eigenvalue weighted by Gasteiger charge is 2.51. The molecular formula is C18H29NO2. The molecule has 5 rings (SSSR count). The van der Waals surface area contributed by atoms with Crippen molar-refractivity contribution in [1.82, 2.24) is 5.32 Å². The lowest BCUT2D eigenvalue weighted by Gasteiger charge is -2.54. The van der Waals surface area contributed by atoms with Crippen LogP contribution in [0.15, 0.2) is 0 Å². The van der Waals surface area contributed by atoms with Crippen molar-refractivity contribution in [2.45, 2.75) is 63.8 Å². The second kappa shape index (κ2) is 5.57. The van der Waals surface area contributed by atoms with Gasteiger partial charge in [-0.05, 0) is 68.6 Å². The van der Waals surface area contributed by atoms with Crippen LogP contribution in [0.5, 0.6) is 0 Å². The number of nitrogens with one attached hydrogen (secondary N) is 1. The molecule has 5 fully saturated rings. The van der Waals surface area contributed by atoms with Crippen LogP contribution < -0.4 is 5.32 Å². The monoisotopic (exact) mass is 291 g/mol. The summed E-state index contributed by atoms with van der Waals surface area (Å²) in [6, 6.07) is 0.230. The summed E-state index contributed by atoms with van der Waals surface area (Å²) >= 11 is 0. The van der Waals surface area contributed by atoms with Crippen molar-refractivity contribution in [3.8, 4) is 0 Å². The Balaban J connectivity index is 1.43. The number of carbonyl (C=O) groups excluding carboxylic acids is 1. The number of aliphatic hydroxyl groups excluding tert-OH is 1. The number of aliphatic hydroxyl groups is 1. The van der Waals surface area contributed by atoms with E-state index in [4.69, 9.17) is 0 Å². The van der Waals surface area contributed by atoms with Crippen LogP contribution in [-0.4, -0.2) is 23.7 Å². The van der Waals surface area contributed by atoms with E-state index in [0.29, 0.717) is 29.6 Å². The highest BCUT2D eigenvalue weighted by atomic mass is 16.3. The molecule has 0 spiro atoms. The number of hydrogen-bond acceptors (Lipinski definition) is 2. The van der Waals surface area contributed by atoms with Gasteiger partial charge in [0.05, 0.1) is 0 Å². The smallest absolute Gasteiger partial charge is 0.223 e. The molecule has 118 valence electrons. The van der Waals surface area contributed by atoms with Gasteiger partial charge in [0, 0.05) is 24.5 Å². The molecule has 1 amide bonds. The highest BCUT2D eigenvalue weighted by Crippen LogP contribution is 2.56. The zero-order valence-electron chi connectivity index (χ0n) is 13.0. The van der Waals surface area contributed by atoms with Gasteiger partial charge in [0.15, 0.2) is 0 Å². The molecule has 21 heavy (non-hydrogen) atoms. The Kier molecular flexibility index (Phi) is 3.72.